The number of para-hydroxylation sites is 1. The third-order valence-electron chi connectivity index (χ3n) is 6.98. The van der Waals surface area contributed by atoms with Crippen LogP contribution in [0, 0.1) is 10.1 Å². The molecule has 0 radical (unpaired) electrons. The van der Waals surface area contributed by atoms with Gasteiger partial charge in [0.25, 0.3) is 10.9 Å². The fraction of sp³-hybridized carbons (Fsp3) is 0.107. The molecule has 2 unspecified atom stereocenters. The number of carbonyl (C=O) groups is 1. The van der Waals surface area contributed by atoms with Crippen LogP contribution in [0.4, 0.5) is 10.5 Å². The van der Waals surface area contributed by atoms with Gasteiger partial charge in [0, 0.05) is 35.2 Å². The molecule has 0 aliphatic carbocycles. The van der Waals surface area contributed by atoms with E-state index >= 15 is 0 Å². The number of hydrogen-bond donors (Lipinski definition) is 2. The Balaban J connectivity index is 1.36. The number of fused-ring (bicyclic) bond motifs is 4. The first-order valence-electron chi connectivity index (χ1n) is 12.2. The van der Waals surface area contributed by atoms with Crippen LogP contribution in [0.15, 0.2) is 95.1 Å². The van der Waals surface area contributed by atoms with Gasteiger partial charge in [-0.05, 0) is 29.5 Å². The van der Waals surface area contributed by atoms with Gasteiger partial charge in [-0.15, -0.1) is 0 Å². The van der Waals surface area contributed by atoms with E-state index in [4.69, 9.17) is 9.84 Å². The quantitative estimate of drug-likeness (QED) is 0.254. The van der Waals surface area contributed by atoms with Crippen molar-refractivity contribution in [2.75, 3.05) is 0 Å². The second kappa shape index (κ2) is 8.84. The van der Waals surface area contributed by atoms with E-state index in [0.29, 0.717) is 33.9 Å². The summed E-state index contributed by atoms with van der Waals surface area (Å²) in [7, 11) is 0. The van der Waals surface area contributed by atoms with Gasteiger partial charge in [-0.3, -0.25) is 25.3 Å². The summed E-state index contributed by atoms with van der Waals surface area (Å²) >= 11 is 1.03. The Labute approximate surface area is 226 Å². The molecule has 4 aromatic rings. The number of H-pyrrole nitrogens is 1. The zero-order valence-corrected chi connectivity index (χ0v) is 21.1. The van der Waals surface area contributed by atoms with Crippen molar-refractivity contribution in [1.82, 2.24) is 20.5 Å². The molecule has 0 saturated carbocycles. The van der Waals surface area contributed by atoms with E-state index in [1.807, 2.05) is 65.7 Å². The van der Waals surface area contributed by atoms with Crippen molar-refractivity contribution in [1.29, 1.82) is 0 Å². The summed E-state index contributed by atoms with van der Waals surface area (Å²) in [6, 6.07) is 23.9. The van der Waals surface area contributed by atoms with Crippen LogP contribution in [0.3, 0.4) is 0 Å². The Bertz CT molecular complexity index is 1700. The summed E-state index contributed by atoms with van der Waals surface area (Å²) < 4.78 is 6.58. The van der Waals surface area contributed by atoms with Gasteiger partial charge in [0.15, 0.2) is 0 Å². The first-order chi connectivity index (χ1) is 19.0. The molecule has 3 aliphatic rings. The number of amides is 1. The van der Waals surface area contributed by atoms with Crippen LogP contribution in [0.1, 0.15) is 29.2 Å². The molecule has 10 nitrogen and oxygen atoms in total. The van der Waals surface area contributed by atoms with Gasteiger partial charge in [-0.25, -0.2) is 5.01 Å². The molecule has 1 aromatic heterocycles. The summed E-state index contributed by atoms with van der Waals surface area (Å²) in [4.78, 5) is 24.4. The first kappa shape index (κ1) is 23.2. The average molecular weight is 537 g/mol. The van der Waals surface area contributed by atoms with Crippen molar-refractivity contribution in [3.63, 3.8) is 0 Å². The molecule has 192 valence electrons. The average Bonchev–Trinajstić information content (AvgIpc) is 3.68. The molecule has 3 aliphatic heterocycles. The molecule has 2 atom stereocenters. The van der Waals surface area contributed by atoms with E-state index in [1.165, 1.54) is 12.1 Å². The van der Waals surface area contributed by atoms with Gasteiger partial charge in [0.2, 0.25) is 0 Å². The topological polar surface area (TPSA) is 126 Å². The van der Waals surface area contributed by atoms with Crippen molar-refractivity contribution in [3.05, 3.63) is 117 Å². The van der Waals surface area contributed by atoms with Crippen LogP contribution in [0.5, 0.6) is 5.75 Å². The number of aromatic nitrogens is 2. The van der Waals surface area contributed by atoms with Crippen LogP contribution in [0.25, 0.3) is 17.3 Å². The molecule has 11 heteroatoms. The maximum atomic E-state index is 12.9. The van der Waals surface area contributed by atoms with Gasteiger partial charge >= 0.3 is 5.85 Å². The maximum Gasteiger partial charge on any atom is 0.314 e. The lowest BCUT2D eigenvalue weighted by Crippen LogP contribution is -2.61. The minimum Gasteiger partial charge on any atom is -0.444 e. The second-order valence-electron chi connectivity index (χ2n) is 9.29. The van der Waals surface area contributed by atoms with Crippen molar-refractivity contribution in [3.8, 4) is 17.0 Å². The van der Waals surface area contributed by atoms with Gasteiger partial charge in [-0.1, -0.05) is 60.7 Å². The van der Waals surface area contributed by atoms with Crippen molar-refractivity contribution in [2.45, 2.75) is 18.3 Å². The number of nitro benzene ring substituents is 1. The fourth-order valence-corrected chi connectivity index (χ4v) is 6.12. The van der Waals surface area contributed by atoms with Crippen molar-refractivity contribution < 1.29 is 14.5 Å². The molecular weight excluding hydrogens is 516 g/mol. The van der Waals surface area contributed by atoms with Crippen LogP contribution < -0.4 is 10.1 Å². The molecular formula is C28H20N6O4S. The Kier molecular flexibility index (Phi) is 5.27. The molecule has 39 heavy (non-hydrogen) atoms. The molecule has 0 bridgehead atoms. The monoisotopic (exact) mass is 536 g/mol. The van der Waals surface area contributed by atoms with Gasteiger partial charge < -0.3 is 4.74 Å². The minimum atomic E-state index is -1.37. The van der Waals surface area contributed by atoms with Crippen molar-refractivity contribution in [2.24, 2.45) is 5.10 Å². The lowest BCUT2D eigenvalue weighted by Gasteiger charge is -2.45. The van der Waals surface area contributed by atoms with Crippen LogP contribution >= 0.6 is 11.8 Å². The zero-order chi connectivity index (χ0) is 26.6. The third kappa shape index (κ3) is 3.77. The molecule has 1 spiro atoms. The number of nitrogens with zero attached hydrogens (tertiary/aromatic N) is 4. The fourth-order valence-electron chi connectivity index (χ4n) is 5.22. The van der Waals surface area contributed by atoms with Gasteiger partial charge in [0.1, 0.15) is 5.75 Å². The normalized spacial score (nSPS) is 22.3. The van der Waals surface area contributed by atoms with Crippen LogP contribution in [0.2, 0.25) is 0 Å². The maximum absolute atomic E-state index is 12.9. The van der Waals surface area contributed by atoms with E-state index in [9.17, 15) is 14.9 Å². The number of thioether (sulfide) groups is 1. The standard InChI is InChI=1S/C28H20N6O4S/c35-27-30-28(25(39-27)14-19-16-29-31-26(19)18-9-6-10-20(13-18)34(36)37)33-23(21-11-4-5-12-24(21)38-28)15-22(32-33)17-7-2-1-3-8-17/h1-14,16,23H,15H2,(H,29,31)(H,30,35)/b25-14-. The Hall–Kier alpha value is -4.90. The van der Waals surface area contributed by atoms with E-state index in [1.54, 1.807) is 18.3 Å². The van der Waals surface area contributed by atoms with Crippen LogP contribution in [-0.2, 0) is 0 Å². The summed E-state index contributed by atoms with van der Waals surface area (Å²) in [5, 5.41) is 28.1. The lowest BCUT2D eigenvalue weighted by atomic mass is 9.95. The molecule has 2 N–H and O–H groups in total. The van der Waals surface area contributed by atoms with E-state index in [2.05, 4.69) is 15.5 Å². The highest BCUT2D eigenvalue weighted by Gasteiger charge is 2.58. The number of benzene rings is 3. The second-order valence-corrected chi connectivity index (χ2v) is 10.3. The highest BCUT2D eigenvalue weighted by atomic mass is 32.2. The number of hydrogen-bond acceptors (Lipinski definition) is 8. The number of carbonyl (C=O) groups excluding carboxylic acids is 1. The largest absolute Gasteiger partial charge is 0.444 e. The summed E-state index contributed by atoms with van der Waals surface area (Å²) in [5.41, 5.74) is 4.70. The number of non-ortho nitro benzene ring substituents is 1. The molecule has 4 heterocycles. The number of hydrazone groups is 1. The van der Waals surface area contributed by atoms with Gasteiger partial charge in [0.05, 0.1) is 33.5 Å². The zero-order valence-electron chi connectivity index (χ0n) is 20.3. The predicted molar refractivity (Wildman–Crippen MR) is 147 cm³/mol. The van der Waals surface area contributed by atoms with Gasteiger partial charge in [-0.2, -0.15) is 10.2 Å². The third-order valence-corrected chi connectivity index (χ3v) is 7.89. The Morgan fingerprint density at radius 3 is 2.72 bits per heavy atom. The number of aromatic amines is 1. The minimum absolute atomic E-state index is 0.0285. The smallest absolute Gasteiger partial charge is 0.314 e. The van der Waals surface area contributed by atoms with Crippen molar-refractivity contribution >= 4 is 34.5 Å². The van der Waals surface area contributed by atoms with E-state index in [0.717, 1.165) is 28.6 Å². The summed E-state index contributed by atoms with van der Waals surface area (Å²) in [5.74, 6) is -0.697. The molecule has 1 fully saturated rings. The Morgan fingerprint density at radius 2 is 1.87 bits per heavy atom. The molecule has 1 saturated heterocycles. The van der Waals surface area contributed by atoms with E-state index in [-0.39, 0.29) is 17.0 Å². The highest BCUT2D eigenvalue weighted by molar-refractivity contribution is 8.17. The summed E-state index contributed by atoms with van der Waals surface area (Å²) in [6.07, 6.45) is 4.08. The Morgan fingerprint density at radius 1 is 1.08 bits per heavy atom. The number of rotatable bonds is 4. The summed E-state index contributed by atoms with van der Waals surface area (Å²) in [6.45, 7) is 0. The SMILES string of the molecule is O=C1NC2(Oc3ccccc3C3CC(c4ccccc4)=NN32)/C(=C/c2cn[nH]c2-c2cccc([N+](=O)[O-])c2)S1. The van der Waals surface area contributed by atoms with Crippen LogP contribution in [-0.4, -0.2) is 36.9 Å². The highest BCUT2D eigenvalue weighted by Crippen LogP contribution is 2.52. The lowest BCUT2D eigenvalue weighted by molar-refractivity contribution is -0.384. The first-order valence-corrected chi connectivity index (χ1v) is 13.0. The predicted octanol–water partition coefficient (Wildman–Crippen LogP) is 5.68. The molecule has 7 rings (SSSR count). The molecule has 1 amide bonds. The number of nitro groups is 1. The van der Waals surface area contributed by atoms with E-state index < -0.39 is 10.8 Å². The number of nitrogens with one attached hydrogen (secondary N) is 2. The molecule has 3 aromatic carbocycles. The number of ether oxygens (including phenoxy) is 1.